The van der Waals surface area contributed by atoms with E-state index >= 15 is 0 Å². The van der Waals surface area contributed by atoms with E-state index < -0.39 is 17.7 Å². The van der Waals surface area contributed by atoms with E-state index in [1.807, 2.05) is 13.8 Å². The van der Waals surface area contributed by atoms with Gasteiger partial charge in [0.25, 0.3) is 0 Å². The third-order valence-corrected chi connectivity index (χ3v) is 2.51. The van der Waals surface area contributed by atoms with Gasteiger partial charge in [-0.1, -0.05) is 6.92 Å². The first-order chi connectivity index (χ1) is 9.66. The molecule has 0 aliphatic rings. The van der Waals surface area contributed by atoms with Gasteiger partial charge in [0, 0.05) is 0 Å². The Morgan fingerprint density at radius 3 is 2.14 bits per heavy atom. The Morgan fingerprint density at radius 2 is 1.62 bits per heavy atom. The third-order valence-electron chi connectivity index (χ3n) is 2.51. The maximum Gasteiger partial charge on any atom is 0.508 e. The number of esters is 1. The highest BCUT2D eigenvalue weighted by atomic mass is 16.7. The largest absolute Gasteiger partial charge is 0.508 e. The lowest BCUT2D eigenvalue weighted by atomic mass is 10.1. The van der Waals surface area contributed by atoms with Crippen LogP contribution in [-0.2, 0) is 23.7 Å². The van der Waals surface area contributed by atoms with Crippen molar-refractivity contribution in [3.05, 3.63) is 0 Å². The highest BCUT2D eigenvalue weighted by molar-refractivity contribution is 5.78. The summed E-state index contributed by atoms with van der Waals surface area (Å²) >= 11 is 0. The number of hydrogen-bond acceptors (Lipinski definition) is 7. The molecule has 0 saturated heterocycles. The minimum Gasteiger partial charge on any atom is -0.460 e. The summed E-state index contributed by atoms with van der Waals surface area (Å²) in [6.45, 7) is 8.16. The molecule has 2 atom stereocenters. The average molecular weight is 306 g/mol. The average Bonchev–Trinajstić information content (AvgIpc) is 2.39. The summed E-state index contributed by atoms with van der Waals surface area (Å²) in [6.07, 6.45) is -0.100. The van der Waals surface area contributed by atoms with Gasteiger partial charge < -0.3 is 24.1 Å². The minimum atomic E-state index is -1.57. The second kappa shape index (κ2) is 9.57. The highest BCUT2D eigenvalue weighted by Gasteiger charge is 2.25. The van der Waals surface area contributed by atoms with Crippen LogP contribution in [0.15, 0.2) is 0 Å². The first kappa shape index (κ1) is 19.7. The fourth-order valence-corrected chi connectivity index (χ4v) is 1.20. The molecule has 0 spiro atoms. The zero-order valence-electron chi connectivity index (χ0n) is 13.4. The van der Waals surface area contributed by atoms with Gasteiger partial charge in [-0.15, -0.1) is 0 Å². The van der Waals surface area contributed by atoms with Crippen LogP contribution in [0.4, 0.5) is 4.79 Å². The van der Waals surface area contributed by atoms with Gasteiger partial charge in [0.2, 0.25) is 0 Å². The lowest BCUT2D eigenvalue weighted by molar-refractivity contribution is -0.163. The van der Waals surface area contributed by atoms with E-state index in [0.717, 1.165) is 6.42 Å². The minimum absolute atomic E-state index is 0.0899. The zero-order chi connectivity index (χ0) is 16.5. The van der Waals surface area contributed by atoms with Crippen molar-refractivity contribution in [2.24, 2.45) is 0 Å². The Balaban J connectivity index is 3.70. The third kappa shape index (κ3) is 10.1. The van der Waals surface area contributed by atoms with Crippen molar-refractivity contribution < 1.29 is 33.6 Å². The van der Waals surface area contributed by atoms with Crippen molar-refractivity contribution in [3.8, 4) is 0 Å². The monoisotopic (exact) mass is 306 g/mol. The molecule has 21 heavy (non-hydrogen) atoms. The van der Waals surface area contributed by atoms with E-state index in [1.165, 1.54) is 13.8 Å². The molecule has 0 rings (SSSR count). The Labute approximate surface area is 125 Å². The van der Waals surface area contributed by atoms with Gasteiger partial charge in [-0.3, -0.25) is 0 Å². The van der Waals surface area contributed by atoms with Crippen molar-refractivity contribution in [3.63, 3.8) is 0 Å². The molecule has 124 valence electrons. The van der Waals surface area contributed by atoms with Crippen molar-refractivity contribution in [2.75, 3.05) is 19.8 Å². The molecular formula is C14H26O7. The van der Waals surface area contributed by atoms with Crippen LogP contribution in [-0.4, -0.2) is 54.9 Å². The molecule has 0 saturated carbocycles. The Bertz CT molecular complexity index is 322. The summed E-state index contributed by atoms with van der Waals surface area (Å²) in [5, 5.41) is 9.31. The summed E-state index contributed by atoms with van der Waals surface area (Å²) < 4.78 is 19.8. The number of hydrogen-bond donors (Lipinski definition) is 1. The Hall–Kier alpha value is -1.34. The summed E-state index contributed by atoms with van der Waals surface area (Å²) in [4.78, 5) is 22.4. The number of carbonyl (C=O) groups is 2. The van der Waals surface area contributed by atoms with Crippen molar-refractivity contribution >= 4 is 12.1 Å². The molecule has 0 aliphatic carbocycles. The Kier molecular flexibility index (Phi) is 8.96. The zero-order valence-corrected chi connectivity index (χ0v) is 13.4. The SMILES string of the molecule is CCC(C)OC(C)COC(=O)OCCOC(=O)C(C)(C)O. The molecule has 0 aliphatic heterocycles. The lowest BCUT2D eigenvalue weighted by Crippen LogP contribution is -2.34. The molecule has 0 radical (unpaired) electrons. The fourth-order valence-electron chi connectivity index (χ4n) is 1.20. The maximum absolute atomic E-state index is 11.3. The molecule has 0 heterocycles. The summed E-state index contributed by atoms with van der Waals surface area (Å²) in [6, 6.07) is 0. The molecule has 0 aromatic rings. The van der Waals surface area contributed by atoms with Gasteiger partial charge in [0.1, 0.15) is 19.8 Å². The molecule has 1 N–H and O–H groups in total. The predicted molar refractivity (Wildman–Crippen MR) is 74.9 cm³/mol. The molecule has 0 aromatic heterocycles. The Morgan fingerprint density at radius 1 is 1.05 bits per heavy atom. The second-order valence-electron chi connectivity index (χ2n) is 5.27. The van der Waals surface area contributed by atoms with Crippen LogP contribution in [0.1, 0.15) is 41.0 Å². The van der Waals surface area contributed by atoms with Gasteiger partial charge in [-0.05, 0) is 34.1 Å². The van der Waals surface area contributed by atoms with Gasteiger partial charge in [-0.25, -0.2) is 9.59 Å². The normalized spacial score (nSPS) is 14.2. The molecular weight excluding hydrogens is 280 g/mol. The van der Waals surface area contributed by atoms with Crippen LogP contribution < -0.4 is 0 Å². The molecule has 0 fully saturated rings. The molecule has 7 nitrogen and oxygen atoms in total. The van der Waals surface area contributed by atoms with E-state index in [-0.39, 0.29) is 32.0 Å². The van der Waals surface area contributed by atoms with E-state index in [9.17, 15) is 14.7 Å². The van der Waals surface area contributed by atoms with Crippen molar-refractivity contribution in [1.29, 1.82) is 0 Å². The van der Waals surface area contributed by atoms with E-state index in [1.54, 1.807) is 6.92 Å². The van der Waals surface area contributed by atoms with Gasteiger partial charge >= 0.3 is 12.1 Å². The maximum atomic E-state index is 11.3. The van der Waals surface area contributed by atoms with Crippen LogP contribution in [0.25, 0.3) is 0 Å². The molecule has 0 amide bonds. The van der Waals surface area contributed by atoms with Crippen LogP contribution >= 0.6 is 0 Å². The van der Waals surface area contributed by atoms with E-state index in [4.69, 9.17) is 18.9 Å². The fraction of sp³-hybridized carbons (Fsp3) is 0.857. The van der Waals surface area contributed by atoms with Crippen LogP contribution in [0.2, 0.25) is 0 Å². The van der Waals surface area contributed by atoms with Crippen LogP contribution in [0.5, 0.6) is 0 Å². The van der Waals surface area contributed by atoms with Gasteiger partial charge in [0.15, 0.2) is 5.60 Å². The number of aliphatic hydroxyl groups is 1. The highest BCUT2D eigenvalue weighted by Crippen LogP contribution is 2.04. The second-order valence-corrected chi connectivity index (χ2v) is 5.27. The van der Waals surface area contributed by atoms with Crippen LogP contribution in [0.3, 0.4) is 0 Å². The quantitative estimate of drug-likeness (QED) is 0.511. The molecule has 7 heteroatoms. The molecule has 0 aromatic carbocycles. The summed E-state index contributed by atoms with van der Waals surface area (Å²) in [7, 11) is 0. The van der Waals surface area contributed by atoms with Crippen LogP contribution in [0, 0.1) is 0 Å². The molecule has 2 unspecified atom stereocenters. The van der Waals surface area contributed by atoms with Gasteiger partial charge in [0.05, 0.1) is 12.2 Å². The summed E-state index contributed by atoms with van der Waals surface area (Å²) in [5.74, 6) is -0.782. The lowest BCUT2D eigenvalue weighted by Gasteiger charge is -2.18. The number of ether oxygens (including phenoxy) is 4. The van der Waals surface area contributed by atoms with Gasteiger partial charge in [-0.2, -0.15) is 0 Å². The topological polar surface area (TPSA) is 91.3 Å². The first-order valence-electron chi connectivity index (χ1n) is 7.01. The predicted octanol–water partition coefficient (Wildman–Crippen LogP) is 1.66. The van der Waals surface area contributed by atoms with Crippen molar-refractivity contribution in [1.82, 2.24) is 0 Å². The smallest absolute Gasteiger partial charge is 0.460 e. The molecule has 0 bridgehead atoms. The summed E-state index contributed by atoms with van der Waals surface area (Å²) in [5.41, 5.74) is -1.57. The van der Waals surface area contributed by atoms with Crippen molar-refractivity contribution in [2.45, 2.75) is 58.8 Å². The standard InChI is InChI=1S/C14H26O7/c1-6-10(2)21-11(3)9-20-13(16)19-8-7-18-12(15)14(4,5)17/h10-11,17H,6-9H2,1-5H3. The first-order valence-corrected chi connectivity index (χ1v) is 7.01. The number of rotatable bonds is 9. The van der Waals surface area contributed by atoms with E-state index in [2.05, 4.69) is 0 Å². The van der Waals surface area contributed by atoms with E-state index in [0.29, 0.717) is 0 Å². The number of carbonyl (C=O) groups excluding carboxylic acids is 2.